The first kappa shape index (κ1) is 9.52. The molecule has 14 heavy (non-hydrogen) atoms. The molecule has 4 heteroatoms. The lowest BCUT2D eigenvalue weighted by Crippen LogP contribution is -2.20. The summed E-state index contributed by atoms with van der Waals surface area (Å²) in [4.78, 5) is 0. The van der Waals surface area contributed by atoms with Gasteiger partial charge in [0.25, 0.3) is 0 Å². The average molecular weight is 194 g/mol. The van der Waals surface area contributed by atoms with Gasteiger partial charge in [0.2, 0.25) is 0 Å². The Kier molecular flexibility index (Phi) is 2.72. The highest BCUT2D eigenvalue weighted by atomic mass is 15.3. The molecule has 1 fully saturated rings. The fourth-order valence-corrected chi connectivity index (χ4v) is 1.99. The van der Waals surface area contributed by atoms with Crippen molar-refractivity contribution in [3.8, 4) is 0 Å². The minimum absolute atomic E-state index is 0.383. The third kappa shape index (κ3) is 2.07. The van der Waals surface area contributed by atoms with Crippen molar-refractivity contribution in [2.75, 3.05) is 5.32 Å². The van der Waals surface area contributed by atoms with Crippen molar-refractivity contribution in [3.63, 3.8) is 0 Å². The molecule has 1 aromatic heterocycles. The van der Waals surface area contributed by atoms with Crippen LogP contribution in [0, 0.1) is 0 Å². The van der Waals surface area contributed by atoms with Crippen LogP contribution in [-0.4, -0.2) is 21.9 Å². The highest BCUT2D eigenvalue weighted by Crippen LogP contribution is 2.21. The van der Waals surface area contributed by atoms with Gasteiger partial charge in [-0.1, -0.05) is 0 Å². The van der Waals surface area contributed by atoms with Gasteiger partial charge in [-0.25, -0.2) is 0 Å². The molecule has 3 N–H and O–H groups in total. The van der Waals surface area contributed by atoms with Gasteiger partial charge in [0.15, 0.2) is 0 Å². The second kappa shape index (κ2) is 4.00. The standard InChI is InChI=1S/C10H18N4/c1-2-14-7-10(6-12-14)13-9-4-3-8(11)5-9/h6-9,13H,2-5,11H2,1H3. The predicted molar refractivity (Wildman–Crippen MR) is 57.1 cm³/mol. The van der Waals surface area contributed by atoms with Crippen LogP contribution in [0.2, 0.25) is 0 Å². The van der Waals surface area contributed by atoms with Gasteiger partial charge in [0.1, 0.15) is 0 Å². The summed E-state index contributed by atoms with van der Waals surface area (Å²) in [5.74, 6) is 0. The monoisotopic (exact) mass is 194 g/mol. The molecule has 2 unspecified atom stereocenters. The van der Waals surface area contributed by atoms with Crippen LogP contribution in [0.3, 0.4) is 0 Å². The number of nitrogens with zero attached hydrogens (tertiary/aromatic N) is 2. The lowest BCUT2D eigenvalue weighted by molar-refractivity contribution is 0.659. The van der Waals surface area contributed by atoms with Crippen molar-refractivity contribution in [1.29, 1.82) is 0 Å². The number of aromatic nitrogens is 2. The van der Waals surface area contributed by atoms with Crippen LogP contribution >= 0.6 is 0 Å². The first-order valence-electron chi connectivity index (χ1n) is 5.32. The van der Waals surface area contributed by atoms with Crippen molar-refractivity contribution >= 4 is 5.69 Å². The van der Waals surface area contributed by atoms with Gasteiger partial charge in [0.05, 0.1) is 11.9 Å². The predicted octanol–water partition coefficient (Wildman–Crippen LogP) is 1.19. The van der Waals surface area contributed by atoms with Crippen molar-refractivity contribution in [2.45, 2.75) is 44.8 Å². The Balaban J connectivity index is 1.90. The van der Waals surface area contributed by atoms with E-state index in [9.17, 15) is 0 Å². The third-order valence-corrected chi connectivity index (χ3v) is 2.80. The number of nitrogens with two attached hydrogens (primary N) is 1. The lowest BCUT2D eigenvalue weighted by atomic mass is 10.2. The zero-order valence-electron chi connectivity index (χ0n) is 8.61. The minimum atomic E-state index is 0.383. The van der Waals surface area contributed by atoms with E-state index < -0.39 is 0 Å². The molecular weight excluding hydrogens is 176 g/mol. The largest absolute Gasteiger partial charge is 0.380 e. The van der Waals surface area contributed by atoms with Gasteiger partial charge < -0.3 is 11.1 Å². The molecular formula is C10H18N4. The first-order valence-corrected chi connectivity index (χ1v) is 5.32. The highest BCUT2D eigenvalue weighted by Gasteiger charge is 2.21. The van der Waals surface area contributed by atoms with E-state index >= 15 is 0 Å². The number of hydrogen-bond acceptors (Lipinski definition) is 3. The Morgan fingerprint density at radius 3 is 3.07 bits per heavy atom. The minimum Gasteiger partial charge on any atom is -0.380 e. The Labute approximate surface area is 84.5 Å². The van der Waals surface area contributed by atoms with Crippen molar-refractivity contribution < 1.29 is 0 Å². The Hall–Kier alpha value is -1.03. The van der Waals surface area contributed by atoms with Gasteiger partial charge in [-0.3, -0.25) is 4.68 Å². The van der Waals surface area contributed by atoms with Crippen molar-refractivity contribution in [1.82, 2.24) is 9.78 Å². The summed E-state index contributed by atoms with van der Waals surface area (Å²) in [7, 11) is 0. The number of aryl methyl sites for hydroxylation is 1. The molecule has 0 aliphatic heterocycles. The van der Waals surface area contributed by atoms with Crippen LogP contribution in [-0.2, 0) is 6.54 Å². The number of rotatable bonds is 3. The maximum absolute atomic E-state index is 5.85. The maximum Gasteiger partial charge on any atom is 0.0728 e. The number of hydrogen-bond donors (Lipinski definition) is 2. The second-order valence-electron chi connectivity index (χ2n) is 4.00. The lowest BCUT2D eigenvalue weighted by Gasteiger charge is -2.11. The van der Waals surface area contributed by atoms with E-state index in [4.69, 9.17) is 5.73 Å². The Morgan fingerprint density at radius 2 is 2.50 bits per heavy atom. The highest BCUT2D eigenvalue weighted by molar-refractivity contribution is 5.39. The molecule has 78 valence electrons. The maximum atomic E-state index is 5.85. The number of anilines is 1. The van der Waals surface area contributed by atoms with Gasteiger partial charge in [-0.15, -0.1) is 0 Å². The van der Waals surface area contributed by atoms with Crippen LogP contribution in [0.15, 0.2) is 12.4 Å². The summed E-state index contributed by atoms with van der Waals surface area (Å²) in [5.41, 5.74) is 6.97. The molecule has 1 heterocycles. The van der Waals surface area contributed by atoms with E-state index in [0.29, 0.717) is 12.1 Å². The summed E-state index contributed by atoms with van der Waals surface area (Å²) >= 11 is 0. The molecule has 1 saturated carbocycles. The van der Waals surface area contributed by atoms with Gasteiger partial charge in [-0.2, -0.15) is 5.10 Å². The van der Waals surface area contributed by atoms with E-state index in [1.54, 1.807) is 0 Å². The van der Waals surface area contributed by atoms with E-state index in [0.717, 1.165) is 25.1 Å². The number of nitrogens with one attached hydrogen (secondary N) is 1. The molecule has 0 aromatic carbocycles. The quantitative estimate of drug-likeness (QED) is 0.760. The molecule has 0 spiro atoms. The zero-order chi connectivity index (χ0) is 9.97. The van der Waals surface area contributed by atoms with Crippen LogP contribution in [0.4, 0.5) is 5.69 Å². The summed E-state index contributed by atoms with van der Waals surface area (Å²) in [6.45, 7) is 3.01. The van der Waals surface area contributed by atoms with Crippen LogP contribution in [0.25, 0.3) is 0 Å². The van der Waals surface area contributed by atoms with Gasteiger partial charge in [-0.05, 0) is 26.2 Å². The third-order valence-electron chi connectivity index (χ3n) is 2.80. The summed E-state index contributed by atoms with van der Waals surface area (Å²) in [6, 6.07) is 0.924. The van der Waals surface area contributed by atoms with Crippen LogP contribution < -0.4 is 11.1 Å². The summed E-state index contributed by atoms with van der Waals surface area (Å²) in [6.07, 6.45) is 7.33. The van der Waals surface area contributed by atoms with Gasteiger partial charge in [0, 0.05) is 24.8 Å². The summed E-state index contributed by atoms with van der Waals surface area (Å²) < 4.78 is 1.93. The molecule has 1 aromatic rings. The second-order valence-corrected chi connectivity index (χ2v) is 4.00. The zero-order valence-corrected chi connectivity index (χ0v) is 8.61. The SMILES string of the molecule is CCn1cc(NC2CCC(N)C2)cn1. The molecule has 1 aliphatic rings. The average Bonchev–Trinajstić information content (AvgIpc) is 2.76. The summed E-state index contributed by atoms with van der Waals surface area (Å²) in [5, 5.41) is 7.68. The van der Waals surface area contributed by atoms with Gasteiger partial charge >= 0.3 is 0 Å². The first-order chi connectivity index (χ1) is 6.78. The molecule has 0 amide bonds. The van der Waals surface area contributed by atoms with E-state index in [2.05, 4.69) is 17.3 Å². The van der Waals surface area contributed by atoms with Crippen LogP contribution in [0.5, 0.6) is 0 Å². The molecule has 0 radical (unpaired) electrons. The Morgan fingerprint density at radius 1 is 1.64 bits per heavy atom. The van der Waals surface area contributed by atoms with E-state index in [-0.39, 0.29) is 0 Å². The molecule has 2 rings (SSSR count). The van der Waals surface area contributed by atoms with Crippen molar-refractivity contribution in [2.24, 2.45) is 5.73 Å². The molecule has 1 aliphatic carbocycles. The topological polar surface area (TPSA) is 55.9 Å². The fourth-order valence-electron chi connectivity index (χ4n) is 1.99. The van der Waals surface area contributed by atoms with Crippen LogP contribution in [0.1, 0.15) is 26.2 Å². The molecule has 0 bridgehead atoms. The smallest absolute Gasteiger partial charge is 0.0728 e. The van der Waals surface area contributed by atoms with E-state index in [1.807, 2.05) is 17.1 Å². The molecule has 0 saturated heterocycles. The normalized spacial score (nSPS) is 26.7. The van der Waals surface area contributed by atoms with E-state index in [1.165, 1.54) is 6.42 Å². The van der Waals surface area contributed by atoms with Crippen molar-refractivity contribution in [3.05, 3.63) is 12.4 Å². The Bertz CT molecular complexity index is 294. The fraction of sp³-hybridized carbons (Fsp3) is 0.700. The molecule has 4 nitrogen and oxygen atoms in total. The molecule has 2 atom stereocenters.